The summed E-state index contributed by atoms with van der Waals surface area (Å²) in [4.78, 5) is 24.9. The fraction of sp³-hybridized carbons (Fsp3) is 0.214. The van der Waals surface area contributed by atoms with Crippen LogP contribution in [0, 0.1) is 20.8 Å². The molecule has 0 saturated carbocycles. The topological polar surface area (TPSA) is 75.0 Å². The largest absolute Gasteiger partial charge is 0.489 e. The van der Waals surface area contributed by atoms with Gasteiger partial charge in [0, 0.05) is 6.07 Å². The molecule has 0 amide bonds. The van der Waals surface area contributed by atoms with Crippen molar-refractivity contribution in [2.24, 2.45) is 0 Å². The summed E-state index contributed by atoms with van der Waals surface area (Å²) in [6, 6.07) is 17.8. The SMILES string of the molecule is CCOC(=O)c1ccc(Oc2c(C)oc3cc(OCc4cc(C)ccc4C)ccc3c2=O)cc1. The van der Waals surface area contributed by atoms with Crippen molar-refractivity contribution in [3.05, 3.63) is 98.9 Å². The molecule has 0 spiro atoms. The molecular weight excluding hydrogens is 432 g/mol. The Bertz CT molecular complexity index is 1400. The van der Waals surface area contributed by atoms with Crippen molar-refractivity contribution < 1.29 is 23.4 Å². The number of carbonyl (C=O) groups excluding carboxylic acids is 1. The summed E-state index contributed by atoms with van der Waals surface area (Å²) in [5.41, 5.74) is 3.99. The summed E-state index contributed by atoms with van der Waals surface area (Å²) >= 11 is 0. The second-order valence-corrected chi connectivity index (χ2v) is 8.04. The van der Waals surface area contributed by atoms with Crippen LogP contribution in [0.1, 0.15) is 39.7 Å². The minimum absolute atomic E-state index is 0.0976. The predicted octanol–water partition coefficient (Wildman–Crippen LogP) is 6.27. The van der Waals surface area contributed by atoms with Crippen LogP contribution >= 0.6 is 0 Å². The molecule has 0 unspecified atom stereocenters. The molecule has 4 aromatic rings. The van der Waals surface area contributed by atoms with E-state index >= 15 is 0 Å². The summed E-state index contributed by atoms with van der Waals surface area (Å²) in [7, 11) is 0. The van der Waals surface area contributed by atoms with Crippen molar-refractivity contribution in [1.82, 2.24) is 0 Å². The number of aryl methyl sites for hydroxylation is 3. The lowest BCUT2D eigenvalue weighted by atomic mass is 10.1. The van der Waals surface area contributed by atoms with E-state index in [0.29, 0.717) is 47.0 Å². The third-order valence-electron chi connectivity index (χ3n) is 5.47. The maximum atomic E-state index is 13.1. The van der Waals surface area contributed by atoms with Gasteiger partial charge in [-0.25, -0.2) is 4.79 Å². The molecule has 0 radical (unpaired) electrons. The molecule has 0 N–H and O–H groups in total. The molecule has 0 aliphatic heterocycles. The van der Waals surface area contributed by atoms with Gasteiger partial charge in [-0.3, -0.25) is 4.79 Å². The first-order chi connectivity index (χ1) is 16.4. The molecule has 0 aliphatic rings. The number of carbonyl (C=O) groups is 1. The highest BCUT2D eigenvalue weighted by Crippen LogP contribution is 2.28. The van der Waals surface area contributed by atoms with E-state index in [9.17, 15) is 9.59 Å². The van der Waals surface area contributed by atoms with Crippen LogP contribution in [-0.2, 0) is 11.3 Å². The first kappa shape index (κ1) is 23.1. The van der Waals surface area contributed by atoms with Crippen molar-refractivity contribution in [2.45, 2.75) is 34.3 Å². The molecule has 6 heteroatoms. The van der Waals surface area contributed by atoms with Crippen molar-refractivity contribution in [1.29, 1.82) is 0 Å². The van der Waals surface area contributed by atoms with Gasteiger partial charge in [0.2, 0.25) is 11.2 Å². The number of benzene rings is 3. The first-order valence-corrected chi connectivity index (χ1v) is 11.1. The van der Waals surface area contributed by atoms with Gasteiger partial charge >= 0.3 is 5.97 Å². The van der Waals surface area contributed by atoms with Gasteiger partial charge in [0.1, 0.15) is 29.4 Å². The zero-order valence-corrected chi connectivity index (χ0v) is 19.6. The Morgan fingerprint density at radius 1 is 0.912 bits per heavy atom. The zero-order chi connectivity index (χ0) is 24.2. The molecule has 0 atom stereocenters. The van der Waals surface area contributed by atoms with Crippen molar-refractivity contribution in [3.63, 3.8) is 0 Å². The van der Waals surface area contributed by atoms with E-state index in [-0.39, 0.29) is 11.2 Å². The van der Waals surface area contributed by atoms with Gasteiger partial charge in [0.05, 0.1) is 17.6 Å². The Morgan fingerprint density at radius 2 is 1.65 bits per heavy atom. The van der Waals surface area contributed by atoms with E-state index in [1.54, 1.807) is 56.3 Å². The summed E-state index contributed by atoms with van der Waals surface area (Å²) in [6.07, 6.45) is 0. The highest BCUT2D eigenvalue weighted by Gasteiger charge is 2.15. The van der Waals surface area contributed by atoms with E-state index in [1.807, 2.05) is 13.8 Å². The van der Waals surface area contributed by atoms with Crippen LogP contribution in [-0.4, -0.2) is 12.6 Å². The summed E-state index contributed by atoms with van der Waals surface area (Å²) in [5.74, 6) is 1.06. The molecular formula is C28H26O6. The van der Waals surface area contributed by atoms with E-state index in [0.717, 1.165) is 11.1 Å². The number of hydrogen-bond acceptors (Lipinski definition) is 6. The maximum absolute atomic E-state index is 13.1. The first-order valence-electron chi connectivity index (χ1n) is 11.1. The van der Waals surface area contributed by atoms with Crippen molar-refractivity contribution in [3.8, 4) is 17.2 Å². The van der Waals surface area contributed by atoms with E-state index in [1.165, 1.54) is 5.56 Å². The molecule has 0 saturated heterocycles. The molecule has 3 aromatic carbocycles. The minimum atomic E-state index is -0.411. The highest BCUT2D eigenvalue weighted by molar-refractivity contribution is 5.89. The lowest BCUT2D eigenvalue weighted by molar-refractivity contribution is 0.0526. The van der Waals surface area contributed by atoms with Gasteiger partial charge in [-0.15, -0.1) is 0 Å². The Hall–Kier alpha value is -4.06. The normalized spacial score (nSPS) is 10.8. The maximum Gasteiger partial charge on any atom is 0.338 e. The van der Waals surface area contributed by atoms with Crippen LogP contribution in [0.2, 0.25) is 0 Å². The van der Waals surface area contributed by atoms with Gasteiger partial charge in [0.15, 0.2) is 0 Å². The predicted molar refractivity (Wildman–Crippen MR) is 130 cm³/mol. The minimum Gasteiger partial charge on any atom is -0.489 e. The van der Waals surface area contributed by atoms with E-state index in [4.69, 9.17) is 18.6 Å². The fourth-order valence-corrected chi connectivity index (χ4v) is 3.58. The average molecular weight is 459 g/mol. The van der Waals surface area contributed by atoms with Gasteiger partial charge in [0.25, 0.3) is 0 Å². The average Bonchev–Trinajstić information content (AvgIpc) is 2.82. The third kappa shape index (κ3) is 4.96. The monoisotopic (exact) mass is 458 g/mol. The van der Waals surface area contributed by atoms with Crippen molar-refractivity contribution in [2.75, 3.05) is 6.61 Å². The Kier molecular flexibility index (Phi) is 6.68. The van der Waals surface area contributed by atoms with Crippen LogP contribution < -0.4 is 14.9 Å². The number of hydrogen-bond donors (Lipinski definition) is 0. The molecule has 0 aliphatic carbocycles. The van der Waals surface area contributed by atoms with E-state index in [2.05, 4.69) is 18.2 Å². The fourth-order valence-electron chi connectivity index (χ4n) is 3.58. The number of esters is 1. The lowest BCUT2D eigenvalue weighted by Gasteiger charge is -2.12. The number of ether oxygens (including phenoxy) is 3. The quantitative estimate of drug-likeness (QED) is 0.304. The lowest BCUT2D eigenvalue weighted by Crippen LogP contribution is -2.08. The molecule has 174 valence electrons. The summed E-state index contributed by atoms with van der Waals surface area (Å²) < 4.78 is 22.6. The molecule has 0 fully saturated rings. The van der Waals surface area contributed by atoms with Gasteiger partial charge in [-0.05, 0) is 75.2 Å². The summed E-state index contributed by atoms with van der Waals surface area (Å²) in [6.45, 7) is 8.24. The van der Waals surface area contributed by atoms with Gasteiger partial charge < -0.3 is 18.6 Å². The van der Waals surface area contributed by atoms with Gasteiger partial charge in [-0.1, -0.05) is 23.8 Å². The Balaban J connectivity index is 1.55. The van der Waals surface area contributed by atoms with E-state index < -0.39 is 5.97 Å². The summed E-state index contributed by atoms with van der Waals surface area (Å²) in [5, 5.41) is 0.392. The molecule has 4 rings (SSSR count). The Labute approximate surface area is 197 Å². The number of rotatable bonds is 7. The van der Waals surface area contributed by atoms with Crippen molar-refractivity contribution >= 4 is 16.9 Å². The standard InChI is InChI=1S/C28H26O6/c1-5-31-28(30)20-8-10-22(11-9-20)34-27-19(4)33-25-15-23(12-13-24(25)26(27)29)32-16-21-14-17(2)6-7-18(21)3/h6-15H,5,16H2,1-4H3. The highest BCUT2D eigenvalue weighted by atomic mass is 16.5. The second-order valence-electron chi connectivity index (χ2n) is 8.04. The molecule has 1 aromatic heterocycles. The van der Waals surface area contributed by atoms with Crippen LogP contribution in [0.5, 0.6) is 17.2 Å². The van der Waals surface area contributed by atoms with Crippen LogP contribution in [0.4, 0.5) is 0 Å². The molecule has 6 nitrogen and oxygen atoms in total. The smallest absolute Gasteiger partial charge is 0.338 e. The molecule has 0 bridgehead atoms. The number of fused-ring (bicyclic) bond motifs is 1. The van der Waals surface area contributed by atoms with Crippen LogP contribution in [0.25, 0.3) is 11.0 Å². The Morgan fingerprint density at radius 3 is 2.38 bits per heavy atom. The van der Waals surface area contributed by atoms with Crippen LogP contribution in [0.15, 0.2) is 69.9 Å². The third-order valence-corrected chi connectivity index (χ3v) is 5.47. The molecule has 1 heterocycles. The molecule has 34 heavy (non-hydrogen) atoms. The second kappa shape index (κ2) is 9.83. The van der Waals surface area contributed by atoms with Crippen LogP contribution in [0.3, 0.4) is 0 Å². The van der Waals surface area contributed by atoms with Gasteiger partial charge in [-0.2, -0.15) is 0 Å². The zero-order valence-electron chi connectivity index (χ0n) is 19.6.